The van der Waals surface area contributed by atoms with Gasteiger partial charge in [-0.05, 0) is 37.6 Å². The molecule has 1 aliphatic rings. The number of halogens is 1. The van der Waals surface area contributed by atoms with E-state index in [9.17, 15) is 9.59 Å². The van der Waals surface area contributed by atoms with Gasteiger partial charge in [0.15, 0.2) is 0 Å². The number of carbonyl (C=O) groups is 1. The number of ether oxygens (including phenoxy) is 1. The molecule has 2 aromatic heterocycles. The summed E-state index contributed by atoms with van der Waals surface area (Å²) in [6.07, 6.45) is 3.95. The predicted molar refractivity (Wildman–Crippen MR) is 121 cm³/mol. The third-order valence-electron chi connectivity index (χ3n) is 5.11. The van der Waals surface area contributed by atoms with Gasteiger partial charge in [0.25, 0.3) is 5.56 Å². The van der Waals surface area contributed by atoms with Gasteiger partial charge in [-0.25, -0.2) is 9.67 Å². The molecule has 1 amide bonds. The lowest BCUT2D eigenvalue weighted by Gasteiger charge is -2.27. The van der Waals surface area contributed by atoms with E-state index in [2.05, 4.69) is 36.3 Å². The van der Waals surface area contributed by atoms with Crippen molar-refractivity contribution < 1.29 is 9.53 Å². The molecule has 0 aliphatic carbocycles. The van der Waals surface area contributed by atoms with E-state index in [1.54, 1.807) is 17.8 Å². The highest BCUT2D eigenvalue weighted by Crippen LogP contribution is 2.24. The van der Waals surface area contributed by atoms with Gasteiger partial charge >= 0.3 is 0 Å². The Hall–Kier alpha value is -2.98. The number of hydrogen-bond donors (Lipinski definition) is 2. The topological polar surface area (TPSA) is 105 Å². The van der Waals surface area contributed by atoms with Gasteiger partial charge in [0.1, 0.15) is 0 Å². The SMILES string of the molecule is Cc1nc(N2CCOCC2)[nH]c(=O)c1CCC(=O)Nc1cc(Br)ccc1-n1cccn1. The minimum Gasteiger partial charge on any atom is -0.378 e. The van der Waals surface area contributed by atoms with Crippen molar-refractivity contribution in [2.45, 2.75) is 19.8 Å². The van der Waals surface area contributed by atoms with Crippen molar-refractivity contribution in [3.63, 3.8) is 0 Å². The van der Waals surface area contributed by atoms with E-state index < -0.39 is 0 Å². The largest absolute Gasteiger partial charge is 0.378 e. The van der Waals surface area contributed by atoms with Crippen molar-refractivity contribution in [1.29, 1.82) is 0 Å². The van der Waals surface area contributed by atoms with Crippen LogP contribution in [-0.4, -0.2) is 52.0 Å². The summed E-state index contributed by atoms with van der Waals surface area (Å²) >= 11 is 3.44. The molecule has 1 fully saturated rings. The van der Waals surface area contributed by atoms with Crippen LogP contribution in [0.4, 0.5) is 11.6 Å². The van der Waals surface area contributed by atoms with Crippen LogP contribution in [0.2, 0.25) is 0 Å². The van der Waals surface area contributed by atoms with E-state index in [0.717, 1.165) is 10.2 Å². The molecule has 162 valence electrons. The van der Waals surface area contributed by atoms with E-state index in [-0.39, 0.29) is 17.9 Å². The summed E-state index contributed by atoms with van der Waals surface area (Å²) < 4.78 is 7.87. The second-order valence-electron chi connectivity index (χ2n) is 7.21. The van der Waals surface area contributed by atoms with Crippen LogP contribution in [-0.2, 0) is 16.0 Å². The highest BCUT2D eigenvalue weighted by molar-refractivity contribution is 9.10. The second kappa shape index (κ2) is 9.44. The van der Waals surface area contributed by atoms with Crippen LogP contribution in [0.25, 0.3) is 5.69 Å². The van der Waals surface area contributed by atoms with Gasteiger partial charge in [-0.15, -0.1) is 0 Å². The first-order chi connectivity index (χ1) is 15.0. The number of morpholine rings is 1. The molecule has 0 unspecified atom stereocenters. The van der Waals surface area contributed by atoms with Crippen LogP contribution in [0.15, 0.2) is 45.9 Å². The van der Waals surface area contributed by atoms with Crippen molar-refractivity contribution in [3.05, 3.63) is 62.7 Å². The fourth-order valence-corrected chi connectivity index (χ4v) is 3.85. The third-order valence-corrected chi connectivity index (χ3v) is 5.60. The van der Waals surface area contributed by atoms with Crippen molar-refractivity contribution in [3.8, 4) is 5.69 Å². The minimum absolute atomic E-state index is 0.160. The Bertz CT molecular complexity index is 1120. The first-order valence-electron chi connectivity index (χ1n) is 10.0. The van der Waals surface area contributed by atoms with Gasteiger partial charge in [0, 0.05) is 47.6 Å². The number of benzene rings is 1. The molecular weight excluding hydrogens is 464 g/mol. The van der Waals surface area contributed by atoms with Crippen molar-refractivity contribution in [1.82, 2.24) is 19.7 Å². The summed E-state index contributed by atoms with van der Waals surface area (Å²) in [6.45, 7) is 4.41. The molecule has 4 rings (SSSR count). The average Bonchev–Trinajstić information content (AvgIpc) is 3.28. The third kappa shape index (κ3) is 5.02. The number of H-pyrrole nitrogens is 1. The Balaban J connectivity index is 1.45. The molecule has 10 heteroatoms. The lowest BCUT2D eigenvalue weighted by molar-refractivity contribution is -0.116. The monoisotopic (exact) mass is 486 g/mol. The van der Waals surface area contributed by atoms with E-state index in [1.807, 2.05) is 35.4 Å². The minimum atomic E-state index is -0.207. The Morgan fingerprint density at radius 2 is 2.13 bits per heavy atom. The molecule has 1 aliphatic heterocycles. The molecule has 0 bridgehead atoms. The standard InChI is InChI=1S/C21H23BrN6O3/c1-14-16(20(30)26-21(24-14)27-9-11-31-12-10-27)4-6-19(29)25-17-13-15(22)3-5-18(17)28-8-2-7-23-28/h2-3,5,7-8,13H,4,6,9-12H2,1H3,(H,25,29)(H,24,26,30). The van der Waals surface area contributed by atoms with E-state index >= 15 is 0 Å². The number of amides is 1. The molecule has 2 N–H and O–H groups in total. The summed E-state index contributed by atoms with van der Waals surface area (Å²) in [7, 11) is 0. The molecule has 3 aromatic rings. The fraction of sp³-hybridized carbons (Fsp3) is 0.333. The molecule has 31 heavy (non-hydrogen) atoms. The summed E-state index contributed by atoms with van der Waals surface area (Å²) in [5.41, 5.74) is 2.34. The van der Waals surface area contributed by atoms with E-state index in [0.29, 0.717) is 55.6 Å². The molecule has 0 atom stereocenters. The lowest BCUT2D eigenvalue weighted by Crippen LogP contribution is -2.38. The van der Waals surface area contributed by atoms with Gasteiger partial charge in [0.05, 0.1) is 24.6 Å². The number of aromatic nitrogens is 4. The lowest BCUT2D eigenvalue weighted by atomic mass is 10.1. The first-order valence-corrected chi connectivity index (χ1v) is 10.8. The zero-order chi connectivity index (χ0) is 21.8. The Kier molecular flexibility index (Phi) is 6.47. The number of hydrogen-bond acceptors (Lipinski definition) is 6. The molecular formula is C21H23BrN6O3. The molecule has 0 radical (unpaired) electrons. The molecule has 1 aromatic carbocycles. The number of rotatable bonds is 6. The number of carbonyl (C=O) groups excluding carboxylic acids is 1. The molecule has 9 nitrogen and oxygen atoms in total. The predicted octanol–water partition coefficient (Wildman–Crippen LogP) is 2.43. The zero-order valence-electron chi connectivity index (χ0n) is 17.1. The maximum atomic E-state index is 12.6. The summed E-state index contributed by atoms with van der Waals surface area (Å²) in [4.78, 5) is 34.7. The van der Waals surface area contributed by atoms with Crippen LogP contribution in [0.3, 0.4) is 0 Å². The van der Waals surface area contributed by atoms with Gasteiger partial charge in [-0.2, -0.15) is 5.10 Å². The average molecular weight is 487 g/mol. The summed E-state index contributed by atoms with van der Waals surface area (Å²) in [5, 5.41) is 7.16. The number of anilines is 2. The number of aromatic amines is 1. The van der Waals surface area contributed by atoms with Gasteiger partial charge in [-0.3, -0.25) is 14.6 Å². The van der Waals surface area contributed by atoms with Gasteiger partial charge in [-0.1, -0.05) is 15.9 Å². The fourth-order valence-electron chi connectivity index (χ4n) is 3.49. The number of nitrogens with zero attached hydrogens (tertiary/aromatic N) is 4. The maximum absolute atomic E-state index is 12.6. The molecule has 1 saturated heterocycles. The quantitative estimate of drug-likeness (QED) is 0.554. The van der Waals surface area contributed by atoms with E-state index in [4.69, 9.17) is 4.74 Å². The highest BCUT2D eigenvalue weighted by Gasteiger charge is 2.17. The zero-order valence-corrected chi connectivity index (χ0v) is 18.7. The molecule has 0 spiro atoms. The van der Waals surface area contributed by atoms with Crippen molar-refractivity contribution in [2.24, 2.45) is 0 Å². The van der Waals surface area contributed by atoms with Crippen LogP contribution in [0.5, 0.6) is 0 Å². The Labute approximate surface area is 187 Å². The Morgan fingerprint density at radius 1 is 1.32 bits per heavy atom. The maximum Gasteiger partial charge on any atom is 0.255 e. The van der Waals surface area contributed by atoms with Crippen LogP contribution in [0, 0.1) is 6.92 Å². The van der Waals surface area contributed by atoms with Crippen LogP contribution < -0.4 is 15.8 Å². The van der Waals surface area contributed by atoms with Gasteiger partial charge < -0.3 is 15.0 Å². The smallest absolute Gasteiger partial charge is 0.255 e. The normalized spacial score (nSPS) is 13.9. The summed E-state index contributed by atoms with van der Waals surface area (Å²) in [6, 6.07) is 7.40. The Morgan fingerprint density at radius 3 is 2.84 bits per heavy atom. The van der Waals surface area contributed by atoms with Gasteiger partial charge in [0.2, 0.25) is 11.9 Å². The number of aryl methyl sites for hydroxylation is 1. The second-order valence-corrected chi connectivity index (χ2v) is 8.13. The highest BCUT2D eigenvalue weighted by atomic mass is 79.9. The van der Waals surface area contributed by atoms with Crippen LogP contribution in [0.1, 0.15) is 17.7 Å². The van der Waals surface area contributed by atoms with Crippen LogP contribution >= 0.6 is 15.9 Å². The summed E-state index contributed by atoms with van der Waals surface area (Å²) in [5.74, 6) is 0.361. The number of nitrogens with one attached hydrogen (secondary N) is 2. The van der Waals surface area contributed by atoms with Crippen molar-refractivity contribution >= 4 is 33.5 Å². The van der Waals surface area contributed by atoms with Crippen molar-refractivity contribution in [2.75, 3.05) is 36.5 Å². The first kappa shape index (κ1) is 21.3. The molecule has 0 saturated carbocycles. The van der Waals surface area contributed by atoms with E-state index in [1.165, 1.54) is 0 Å². The molecule has 3 heterocycles.